The van der Waals surface area contributed by atoms with E-state index in [1.165, 1.54) is 11.3 Å². The summed E-state index contributed by atoms with van der Waals surface area (Å²) >= 11 is 0. The zero-order chi connectivity index (χ0) is 10.0. The Morgan fingerprint density at radius 1 is 1.23 bits per heavy atom. The second kappa shape index (κ2) is 3.99. The van der Waals surface area contributed by atoms with Crippen molar-refractivity contribution in [3.8, 4) is 0 Å². The van der Waals surface area contributed by atoms with Crippen molar-refractivity contribution in [1.82, 2.24) is 4.57 Å². The zero-order valence-electron chi connectivity index (χ0n) is 9.46. The molecule has 0 radical (unpaired) electrons. The number of aryl methyl sites for hydroxylation is 1. The maximum Gasteiger partial charge on any atom is 0.0245 e. The fourth-order valence-corrected chi connectivity index (χ4v) is 1.72. The highest BCUT2D eigenvalue weighted by Gasteiger charge is 2.07. The number of nitrogens with zero attached hydrogens (tertiary/aromatic N) is 1. The maximum absolute atomic E-state index is 2.39. The van der Waals surface area contributed by atoms with Gasteiger partial charge in [-0.1, -0.05) is 27.7 Å². The second-order valence-corrected chi connectivity index (χ2v) is 4.64. The van der Waals surface area contributed by atoms with Crippen molar-refractivity contribution in [3.63, 3.8) is 0 Å². The highest BCUT2D eigenvalue weighted by atomic mass is 15.0. The SMILES string of the molecule is Cc1cc(C(C)C)n(CC(C)C)c1. The van der Waals surface area contributed by atoms with Gasteiger partial charge in [0.15, 0.2) is 0 Å². The quantitative estimate of drug-likeness (QED) is 0.668. The van der Waals surface area contributed by atoms with Gasteiger partial charge in [-0.2, -0.15) is 0 Å². The van der Waals surface area contributed by atoms with Gasteiger partial charge in [-0.05, 0) is 30.4 Å². The van der Waals surface area contributed by atoms with Gasteiger partial charge < -0.3 is 4.57 Å². The Labute approximate surface area is 81.8 Å². The van der Waals surface area contributed by atoms with Gasteiger partial charge in [0, 0.05) is 18.4 Å². The molecule has 1 nitrogen and oxygen atoms in total. The predicted octanol–water partition coefficient (Wildman–Crippen LogP) is 3.58. The fourth-order valence-electron chi connectivity index (χ4n) is 1.72. The smallest absolute Gasteiger partial charge is 0.0245 e. The van der Waals surface area contributed by atoms with Crippen molar-refractivity contribution in [2.75, 3.05) is 0 Å². The maximum atomic E-state index is 2.39. The summed E-state index contributed by atoms with van der Waals surface area (Å²) < 4.78 is 2.39. The van der Waals surface area contributed by atoms with Gasteiger partial charge in [0.1, 0.15) is 0 Å². The monoisotopic (exact) mass is 179 g/mol. The van der Waals surface area contributed by atoms with E-state index >= 15 is 0 Å². The molecule has 74 valence electrons. The van der Waals surface area contributed by atoms with Gasteiger partial charge in [0.05, 0.1) is 0 Å². The Kier molecular flexibility index (Phi) is 3.18. The van der Waals surface area contributed by atoms with Gasteiger partial charge in [0.25, 0.3) is 0 Å². The Morgan fingerprint density at radius 2 is 1.85 bits per heavy atom. The van der Waals surface area contributed by atoms with Crippen molar-refractivity contribution in [1.29, 1.82) is 0 Å². The van der Waals surface area contributed by atoms with Crippen LogP contribution in [0.3, 0.4) is 0 Å². The Balaban J connectivity index is 2.91. The molecule has 0 atom stereocenters. The standard InChI is InChI=1S/C12H21N/c1-9(2)7-13-8-11(5)6-12(13)10(3)4/h6,8-10H,7H2,1-5H3. The largest absolute Gasteiger partial charge is 0.351 e. The lowest BCUT2D eigenvalue weighted by Gasteiger charge is -2.13. The summed E-state index contributed by atoms with van der Waals surface area (Å²) in [4.78, 5) is 0. The molecule has 0 aromatic carbocycles. The minimum Gasteiger partial charge on any atom is -0.351 e. The van der Waals surface area contributed by atoms with E-state index in [1.54, 1.807) is 0 Å². The summed E-state index contributed by atoms with van der Waals surface area (Å²) in [6, 6.07) is 2.30. The van der Waals surface area contributed by atoms with Gasteiger partial charge in [-0.25, -0.2) is 0 Å². The minimum atomic E-state index is 0.632. The lowest BCUT2D eigenvalue weighted by Crippen LogP contribution is -2.07. The third kappa shape index (κ3) is 2.61. The second-order valence-electron chi connectivity index (χ2n) is 4.64. The van der Waals surface area contributed by atoms with Crippen LogP contribution in [0.25, 0.3) is 0 Å². The molecule has 1 aromatic heterocycles. The van der Waals surface area contributed by atoms with Crippen LogP contribution in [0.2, 0.25) is 0 Å². The highest BCUT2D eigenvalue weighted by molar-refractivity contribution is 5.19. The van der Waals surface area contributed by atoms with E-state index in [0.717, 1.165) is 12.5 Å². The molecule has 0 saturated heterocycles. The van der Waals surface area contributed by atoms with Gasteiger partial charge in [-0.3, -0.25) is 0 Å². The third-order valence-electron chi connectivity index (χ3n) is 2.22. The van der Waals surface area contributed by atoms with Crippen molar-refractivity contribution in [3.05, 3.63) is 23.5 Å². The molecule has 0 saturated carbocycles. The Morgan fingerprint density at radius 3 is 2.31 bits per heavy atom. The first-order valence-corrected chi connectivity index (χ1v) is 5.17. The Hall–Kier alpha value is -0.720. The normalized spacial score (nSPS) is 11.6. The van der Waals surface area contributed by atoms with Crippen LogP contribution >= 0.6 is 0 Å². The van der Waals surface area contributed by atoms with Crippen molar-refractivity contribution < 1.29 is 0 Å². The van der Waals surface area contributed by atoms with E-state index < -0.39 is 0 Å². The number of hydrogen-bond acceptors (Lipinski definition) is 0. The minimum absolute atomic E-state index is 0.632. The van der Waals surface area contributed by atoms with Gasteiger partial charge >= 0.3 is 0 Å². The fraction of sp³-hybridized carbons (Fsp3) is 0.667. The third-order valence-corrected chi connectivity index (χ3v) is 2.22. The molecular formula is C12H21N. The van der Waals surface area contributed by atoms with Crippen molar-refractivity contribution in [2.24, 2.45) is 5.92 Å². The molecule has 0 bridgehead atoms. The number of aromatic nitrogens is 1. The molecule has 0 aliphatic rings. The van der Waals surface area contributed by atoms with Gasteiger partial charge in [-0.15, -0.1) is 0 Å². The molecule has 0 amide bonds. The molecular weight excluding hydrogens is 158 g/mol. The lowest BCUT2D eigenvalue weighted by atomic mass is 10.1. The van der Waals surface area contributed by atoms with Crippen LogP contribution in [-0.4, -0.2) is 4.57 Å². The molecule has 0 aliphatic heterocycles. The molecule has 0 fully saturated rings. The molecule has 0 aliphatic carbocycles. The van der Waals surface area contributed by atoms with Crippen LogP contribution in [0.5, 0.6) is 0 Å². The molecule has 0 spiro atoms. The lowest BCUT2D eigenvalue weighted by molar-refractivity contribution is 0.503. The van der Waals surface area contributed by atoms with Crippen LogP contribution < -0.4 is 0 Å². The number of rotatable bonds is 3. The highest BCUT2D eigenvalue weighted by Crippen LogP contribution is 2.18. The van der Waals surface area contributed by atoms with Crippen molar-refractivity contribution in [2.45, 2.75) is 47.1 Å². The van der Waals surface area contributed by atoms with Crippen molar-refractivity contribution >= 4 is 0 Å². The zero-order valence-corrected chi connectivity index (χ0v) is 9.46. The first-order valence-electron chi connectivity index (χ1n) is 5.17. The average Bonchev–Trinajstić information content (AvgIpc) is 2.29. The summed E-state index contributed by atoms with van der Waals surface area (Å²) in [7, 11) is 0. The molecule has 1 heteroatoms. The molecule has 1 heterocycles. The molecule has 0 N–H and O–H groups in total. The topological polar surface area (TPSA) is 4.93 Å². The first-order chi connectivity index (χ1) is 6.00. The Bertz CT molecular complexity index is 269. The van der Waals surface area contributed by atoms with Crippen LogP contribution in [0.1, 0.15) is 44.9 Å². The molecule has 13 heavy (non-hydrogen) atoms. The first kappa shape index (κ1) is 10.4. The predicted molar refractivity (Wildman–Crippen MR) is 58.1 cm³/mol. The van der Waals surface area contributed by atoms with E-state index in [1.807, 2.05) is 0 Å². The summed E-state index contributed by atoms with van der Waals surface area (Å²) in [5.41, 5.74) is 2.84. The summed E-state index contributed by atoms with van der Waals surface area (Å²) in [5.74, 6) is 1.36. The van der Waals surface area contributed by atoms with E-state index in [-0.39, 0.29) is 0 Å². The van der Waals surface area contributed by atoms with Crippen LogP contribution in [-0.2, 0) is 6.54 Å². The van der Waals surface area contributed by atoms with Crippen LogP contribution in [0, 0.1) is 12.8 Å². The molecule has 1 aromatic rings. The van der Waals surface area contributed by atoms with E-state index in [9.17, 15) is 0 Å². The van der Waals surface area contributed by atoms with E-state index in [2.05, 4.69) is 51.4 Å². The van der Waals surface area contributed by atoms with Gasteiger partial charge in [0.2, 0.25) is 0 Å². The summed E-state index contributed by atoms with van der Waals surface area (Å²) in [6.45, 7) is 12.3. The molecule has 0 unspecified atom stereocenters. The van der Waals surface area contributed by atoms with Crippen LogP contribution in [0.15, 0.2) is 12.3 Å². The molecule has 1 rings (SSSR count). The van der Waals surface area contributed by atoms with Crippen LogP contribution in [0.4, 0.5) is 0 Å². The number of hydrogen-bond donors (Lipinski definition) is 0. The van der Waals surface area contributed by atoms with E-state index in [0.29, 0.717) is 5.92 Å². The van der Waals surface area contributed by atoms with E-state index in [4.69, 9.17) is 0 Å². The summed E-state index contributed by atoms with van der Waals surface area (Å²) in [6.07, 6.45) is 2.26. The average molecular weight is 179 g/mol. The summed E-state index contributed by atoms with van der Waals surface area (Å²) in [5, 5.41) is 0.